The van der Waals surface area contributed by atoms with Gasteiger partial charge in [0.25, 0.3) is 5.91 Å². The van der Waals surface area contributed by atoms with E-state index in [1.54, 1.807) is 37.3 Å². The molecule has 1 amide bonds. The van der Waals surface area contributed by atoms with Crippen LogP contribution >= 0.6 is 0 Å². The Morgan fingerprint density at radius 3 is 2.26 bits per heavy atom. The molecular weight excluding hydrogens is 246 g/mol. The predicted octanol–water partition coefficient (Wildman–Crippen LogP) is 2.16. The van der Waals surface area contributed by atoms with Gasteiger partial charge in [-0.25, -0.2) is 0 Å². The molecule has 1 aromatic carbocycles. The van der Waals surface area contributed by atoms with E-state index >= 15 is 0 Å². The molecular formula is C14H21NO4. The van der Waals surface area contributed by atoms with Gasteiger partial charge in [-0.05, 0) is 26.0 Å². The standard InChI is InChI=1S/C14H21NO4/c1-5-15(6-2)14(16)11-7-12(18-4)9-13(8-11)19-10-17-3/h7-9H,5-6,10H2,1-4H3. The minimum Gasteiger partial charge on any atom is -0.497 e. The van der Waals surface area contributed by atoms with Crippen molar-refractivity contribution >= 4 is 5.91 Å². The lowest BCUT2D eigenvalue weighted by atomic mass is 10.1. The molecule has 0 heterocycles. The molecule has 0 saturated heterocycles. The number of carbonyl (C=O) groups excluding carboxylic acids is 1. The molecule has 0 atom stereocenters. The third-order valence-corrected chi connectivity index (χ3v) is 2.76. The van der Waals surface area contributed by atoms with E-state index < -0.39 is 0 Å². The van der Waals surface area contributed by atoms with E-state index in [2.05, 4.69) is 0 Å². The first-order valence-electron chi connectivity index (χ1n) is 6.26. The molecule has 0 radical (unpaired) electrons. The largest absolute Gasteiger partial charge is 0.497 e. The Labute approximate surface area is 114 Å². The molecule has 0 spiro atoms. The second-order valence-corrected chi connectivity index (χ2v) is 3.93. The van der Waals surface area contributed by atoms with Crippen molar-refractivity contribution in [2.45, 2.75) is 13.8 Å². The van der Waals surface area contributed by atoms with Crippen LogP contribution in [-0.2, 0) is 4.74 Å². The van der Waals surface area contributed by atoms with Crippen LogP contribution in [0, 0.1) is 0 Å². The van der Waals surface area contributed by atoms with Gasteiger partial charge in [0.15, 0.2) is 6.79 Å². The number of carbonyl (C=O) groups is 1. The molecule has 106 valence electrons. The average Bonchev–Trinajstić information content (AvgIpc) is 2.45. The highest BCUT2D eigenvalue weighted by Crippen LogP contribution is 2.23. The molecule has 0 unspecified atom stereocenters. The van der Waals surface area contributed by atoms with Crippen molar-refractivity contribution in [2.24, 2.45) is 0 Å². The van der Waals surface area contributed by atoms with Gasteiger partial charge >= 0.3 is 0 Å². The van der Waals surface area contributed by atoms with E-state index in [9.17, 15) is 4.79 Å². The Bertz CT molecular complexity index is 416. The van der Waals surface area contributed by atoms with Gasteiger partial charge in [0.1, 0.15) is 11.5 Å². The smallest absolute Gasteiger partial charge is 0.254 e. The Hall–Kier alpha value is -1.75. The fraction of sp³-hybridized carbons (Fsp3) is 0.500. The average molecular weight is 267 g/mol. The molecule has 0 aliphatic heterocycles. The summed E-state index contributed by atoms with van der Waals surface area (Å²) in [6, 6.07) is 5.13. The lowest BCUT2D eigenvalue weighted by molar-refractivity contribution is 0.0507. The van der Waals surface area contributed by atoms with E-state index in [1.807, 2.05) is 13.8 Å². The second-order valence-electron chi connectivity index (χ2n) is 3.93. The number of ether oxygens (including phenoxy) is 3. The van der Waals surface area contributed by atoms with Crippen molar-refractivity contribution in [3.8, 4) is 11.5 Å². The van der Waals surface area contributed by atoms with Gasteiger partial charge < -0.3 is 19.1 Å². The van der Waals surface area contributed by atoms with E-state index in [-0.39, 0.29) is 12.7 Å². The molecule has 0 bridgehead atoms. The number of rotatable bonds is 7. The zero-order valence-corrected chi connectivity index (χ0v) is 11.9. The van der Waals surface area contributed by atoms with Crippen LogP contribution in [0.4, 0.5) is 0 Å². The Morgan fingerprint density at radius 2 is 1.74 bits per heavy atom. The number of methoxy groups -OCH3 is 2. The Morgan fingerprint density at radius 1 is 1.11 bits per heavy atom. The maximum atomic E-state index is 12.3. The van der Waals surface area contributed by atoms with E-state index in [4.69, 9.17) is 14.2 Å². The summed E-state index contributed by atoms with van der Waals surface area (Å²) in [5.74, 6) is 1.10. The first-order valence-corrected chi connectivity index (χ1v) is 6.26. The molecule has 0 aliphatic carbocycles. The minimum absolute atomic E-state index is 0.0360. The lowest BCUT2D eigenvalue weighted by Gasteiger charge is -2.19. The molecule has 5 nitrogen and oxygen atoms in total. The van der Waals surface area contributed by atoms with Gasteiger partial charge in [0.05, 0.1) is 7.11 Å². The van der Waals surface area contributed by atoms with Gasteiger partial charge in [0.2, 0.25) is 0 Å². The van der Waals surface area contributed by atoms with Gasteiger partial charge in [-0.2, -0.15) is 0 Å². The Kier molecular flexibility index (Phi) is 6.15. The summed E-state index contributed by atoms with van der Waals surface area (Å²) in [4.78, 5) is 14.0. The summed E-state index contributed by atoms with van der Waals surface area (Å²) >= 11 is 0. The van der Waals surface area contributed by atoms with Crippen LogP contribution in [0.5, 0.6) is 11.5 Å². The minimum atomic E-state index is -0.0360. The van der Waals surface area contributed by atoms with Crippen molar-refractivity contribution in [3.05, 3.63) is 23.8 Å². The molecule has 5 heteroatoms. The zero-order chi connectivity index (χ0) is 14.3. The van der Waals surface area contributed by atoms with Crippen molar-refractivity contribution in [1.82, 2.24) is 4.90 Å². The third-order valence-electron chi connectivity index (χ3n) is 2.76. The van der Waals surface area contributed by atoms with Crippen LogP contribution < -0.4 is 9.47 Å². The fourth-order valence-corrected chi connectivity index (χ4v) is 1.72. The van der Waals surface area contributed by atoms with Gasteiger partial charge in [-0.3, -0.25) is 4.79 Å². The van der Waals surface area contributed by atoms with Crippen LogP contribution in [0.15, 0.2) is 18.2 Å². The van der Waals surface area contributed by atoms with E-state index in [0.29, 0.717) is 30.2 Å². The normalized spacial score (nSPS) is 10.1. The molecule has 1 rings (SSSR count). The summed E-state index contributed by atoms with van der Waals surface area (Å²) in [5.41, 5.74) is 0.550. The number of benzene rings is 1. The molecule has 1 aromatic rings. The maximum absolute atomic E-state index is 12.3. The first-order chi connectivity index (χ1) is 9.15. The van der Waals surface area contributed by atoms with Gasteiger partial charge in [-0.15, -0.1) is 0 Å². The number of nitrogens with zero attached hydrogens (tertiary/aromatic N) is 1. The second kappa shape index (κ2) is 7.63. The monoisotopic (exact) mass is 267 g/mol. The van der Waals surface area contributed by atoms with Crippen molar-refractivity contribution in [2.75, 3.05) is 34.1 Å². The van der Waals surface area contributed by atoms with Gasteiger partial charge in [-0.1, -0.05) is 0 Å². The molecule has 0 aliphatic rings. The highest BCUT2D eigenvalue weighted by Gasteiger charge is 2.15. The number of hydrogen-bond donors (Lipinski definition) is 0. The van der Waals surface area contributed by atoms with Crippen molar-refractivity contribution < 1.29 is 19.0 Å². The highest BCUT2D eigenvalue weighted by atomic mass is 16.7. The van der Waals surface area contributed by atoms with Crippen LogP contribution in [0.2, 0.25) is 0 Å². The van der Waals surface area contributed by atoms with Crippen LogP contribution in [0.3, 0.4) is 0 Å². The molecule has 0 saturated carbocycles. The summed E-state index contributed by atoms with van der Waals surface area (Å²) < 4.78 is 15.4. The topological polar surface area (TPSA) is 48.0 Å². The molecule has 0 aromatic heterocycles. The van der Waals surface area contributed by atoms with E-state index in [0.717, 1.165) is 0 Å². The maximum Gasteiger partial charge on any atom is 0.254 e. The van der Waals surface area contributed by atoms with Crippen LogP contribution in [-0.4, -0.2) is 44.9 Å². The summed E-state index contributed by atoms with van der Waals surface area (Å²) in [5, 5.41) is 0. The lowest BCUT2D eigenvalue weighted by Crippen LogP contribution is -2.30. The van der Waals surface area contributed by atoms with E-state index in [1.165, 1.54) is 0 Å². The quantitative estimate of drug-likeness (QED) is 0.710. The number of amides is 1. The summed E-state index contributed by atoms with van der Waals surface area (Å²) in [6.07, 6.45) is 0. The predicted molar refractivity (Wildman–Crippen MR) is 72.7 cm³/mol. The fourth-order valence-electron chi connectivity index (χ4n) is 1.72. The molecule has 19 heavy (non-hydrogen) atoms. The summed E-state index contributed by atoms with van der Waals surface area (Å²) in [7, 11) is 3.10. The van der Waals surface area contributed by atoms with Gasteiger partial charge in [0, 0.05) is 31.8 Å². The summed E-state index contributed by atoms with van der Waals surface area (Å²) in [6.45, 7) is 5.36. The van der Waals surface area contributed by atoms with Crippen molar-refractivity contribution in [1.29, 1.82) is 0 Å². The van der Waals surface area contributed by atoms with Crippen molar-refractivity contribution in [3.63, 3.8) is 0 Å². The van der Waals surface area contributed by atoms with Crippen LogP contribution in [0.1, 0.15) is 24.2 Å². The SMILES string of the molecule is CCN(CC)C(=O)c1cc(OC)cc(OCOC)c1. The van der Waals surface area contributed by atoms with Crippen LogP contribution in [0.25, 0.3) is 0 Å². The first kappa shape index (κ1) is 15.3. The molecule has 0 fully saturated rings. The third kappa shape index (κ3) is 4.13. The Balaban J connectivity index is 3.01. The number of hydrogen-bond acceptors (Lipinski definition) is 4. The highest BCUT2D eigenvalue weighted by molar-refractivity contribution is 5.95. The zero-order valence-electron chi connectivity index (χ0n) is 11.9. The molecule has 0 N–H and O–H groups in total.